The molecule has 7 heteroatoms. The van der Waals surface area contributed by atoms with Crippen molar-refractivity contribution < 1.29 is 9.53 Å². The average Bonchev–Trinajstić information content (AvgIpc) is 2.85. The molecule has 1 aromatic heterocycles. The number of nitrogens with one attached hydrogen (secondary N) is 1. The van der Waals surface area contributed by atoms with Crippen molar-refractivity contribution in [3.05, 3.63) is 30.6 Å². The average molecular weight is 292 g/mol. The molecule has 1 N–H and O–H groups in total. The van der Waals surface area contributed by atoms with Crippen molar-refractivity contribution in [3.63, 3.8) is 0 Å². The topological polar surface area (TPSA) is 69.0 Å². The highest BCUT2D eigenvalue weighted by molar-refractivity contribution is 7.99. The third-order valence-electron chi connectivity index (χ3n) is 2.60. The van der Waals surface area contributed by atoms with Crippen LogP contribution in [0.15, 0.2) is 35.7 Å². The highest BCUT2D eigenvalue weighted by atomic mass is 32.2. The zero-order chi connectivity index (χ0) is 14.4. The van der Waals surface area contributed by atoms with Gasteiger partial charge >= 0.3 is 0 Å². The first-order valence-corrected chi connectivity index (χ1v) is 7.08. The normalized spacial score (nSPS) is 10.3. The Morgan fingerprint density at radius 2 is 2.15 bits per heavy atom. The summed E-state index contributed by atoms with van der Waals surface area (Å²) in [6.45, 7) is 0. The molecule has 0 aliphatic carbocycles. The molecule has 0 saturated heterocycles. The molecule has 2 rings (SSSR count). The highest BCUT2D eigenvalue weighted by Gasteiger charge is 2.05. The van der Waals surface area contributed by atoms with Gasteiger partial charge in [-0.15, -0.1) is 10.2 Å². The first-order chi connectivity index (χ1) is 9.69. The number of nitrogens with zero attached hydrogens (tertiary/aromatic N) is 3. The van der Waals surface area contributed by atoms with Gasteiger partial charge in [0.05, 0.1) is 7.11 Å². The summed E-state index contributed by atoms with van der Waals surface area (Å²) in [5.74, 6) is 1.40. The number of hydrogen-bond donors (Lipinski definition) is 1. The second-order valence-corrected chi connectivity index (χ2v) is 5.16. The zero-order valence-corrected chi connectivity index (χ0v) is 12.2. The first-order valence-electron chi connectivity index (χ1n) is 6.10. The maximum Gasteiger partial charge on any atom is 0.225 e. The van der Waals surface area contributed by atoms with E-state index in [1.165, 1.54) is 11.8 Å². The first kappa shape index (κ1) is 14.4. The Labute approximate surface area is 121 Å². The van der Waals surface area contributed by atoms with Crippen LogP contribution in [0.4, 0.5) is 5.69 Å². The van der Waals surface area contributed by atoms with Crippen molar-refractivity contribution in [3.8, 4) is 5.75 Å². The summed E-state index contributed by atoms with van der Waals surface area (Å²) in [7, 11) is 3.48. The predicted molar refractivity (Wildman–Crippen MR) is 78.0 cm³/mol. The van der Waals surface area contributed by atoms with Gasteiger partial charge in [0.15, 0.2) is 5.16 Å². The van der Waals surface area contributed by atoms with Gasteiger partial charge in [0.2, 0.25) is 5.91 Å². The number of carbonyl (C=O) groups excluding carboxylic acids is 1. The number of ether oxygens (including phenoxy) is 1. The van der Waals surface area contributed by atoms with Gasteiger partial charge < -0.3 is 14.6 Å². The largest absolute Gasteiger partial charge is 0.497 e. The van der Waals surface area contributed by atoms with Gasteiger partial charge in [-0.3, -0.25) is 4.79 Å². The van der Waals surface area contributed by atoms with Gasteiger partial charge in [-0.25, -0.2) is 0 Å². The second kappa shape index (κ2) is 6.95. The van der Waals surface area contributed by atoms with E-state index >= 15 is 0 Å². The number of rotatable bonds is 6. The molecular formula is C13H16N4O2S. The maximum atomic E-state index is 11.8. The molecule has 20 heavy (non-hydrogen) atoms. The number of methoxy groups -OCH3 is 1. The van der Waals surface area contributed by atoms with Crippen molar-refractivity contribution >= 4 is 23.4 Å². The molecule has 0 radical (unpaired) electrons. The van der Waals surface area contributed by atoms with Crippen LogP contribution in [0.3, 0.4) is 0 Å². The van der Waals surface area contributed by atoms with Gasteiger partial charge in [-0.05, 0) is 24.3 Å². The molecule has 106 valence electrons. The number of aromatic nitrogens is 3. The van der Waals surface area contributed by atoms with Crippen LogP contribution < -0.4 is 10.1 Å². The smallest absolute Gasteiger partial charge is 0.225 e. The van der Waals surface area contributed by atoms with Crippen molar-refractivity contribution in [1.29, 1.82) is 0 Å². The van der Waals surface area contributed by atoms with Crippen molar-refractivity contribution in [2.45, 2.75) is 11.6 Å². The molecule has 2 aromatic rings. The minimum absolute atomic E-state index is 0.0233. The molecule has 1 amide bonds. The molecule has 0 aliphatic rings. The zero-order valence-electron chi connectivity index (χ0n) is 11.4. The van der Waals surface area contributed by atoms with Crippen LogP contribution in [0.2, 0.25) is 0 Å². The monoisotopic (exact) mass is 292 g/mol. The molecule has 0 spiro atoms. The number of aryl methyl sites for hydroxylation is 1. The Morgan fingerprint density at radius 1 is 1.40 bits per heavy atom. The summed E-state index contributed by atoms with van der Waals surface area (Å²) in [6.07, 6.45) is 2.06. The SMILES string of the molecule is COc1ccc(NC(=O)CCSc2nncn2C)cc1. The van der Waals surface area contributed by atoms with Crippen LogP contribution in [0.5, 0.6) is 5.75 Å². The lowest BCUT2D eigenvalue weighted by molar-refractivity contribution is -0.115. The molecular weight excluding hydrogens is 276 g/mol. The van der Waals surface area contributed by atoms with Crippen LogP contribution >= 0.6 is 11.8 Å². The number of anilines is 1. The van der Waals surface area contributed by atoms with Crippen LogP contribution in [-0.4, -0.2) is 33.5 Å². The van der Waals surface area contributed by atoms with Crippen LogP contribution in [0.1, 0.15) is 6.42 Å². The summed E-state index contributed by atoms with van der Waals surface area (Å²) >= 11 is 1.51. The molecule has 0 aliphatic heterocycles. The molecule has 1 aromatic carbocycles. The maximum absolute atomic E-state index is 11.8. The van der Waals surface area contributed by atoms with E-state index < -0.39 is 0 Å². The van der Waals surface area contributed by atoms with Crippen molar-refractivity contribution in [2.24, 2.45) is 7.05 Å². The van der Waals surface area contributed by atoms with Crippen LogP contribution in [0, 0.1) is 0 Å². The van der Waals surface area contributed by atoms with E-state index in [-0.39, 0.29) is 5.91 Å². The van der Waals surface area contributed by atoms with Crippen molar-refractivity contribution in [2.75, 3.05) is 18.2 Å². The van der Waals surface area contributed by atoms with E-state index in [1.807, 2.05) is 35.9 Å². The molecule has 0 saturated carbocycles. The van der Waals surface area contributed by atoms with Gasteiger partial charge in [0, 0.05) is 24.9 Å². The lowest BCUT2D eigenvalue weighted by Crippen LogP contribution is -2.12. The fourth-order valence-corrected chi connectivity index (χ4v) is 2.36. The summed E-state index contributed by atoms with van der Waals surface area (Å²) < 4.78 is 6.89. The standard InChI is InChI=1S/C13H16N4O2S/c1-17-9-14-16-13(17)20-8-7-12(18)15-10-3-5-11(19-2)6-4-10/h3-6,9H,7-8H2,1-2H3,(H,15,18). The minimum Gasteiger partial charge on any atom is -0.497 e. The molecule has 0 fully saturated rings. The van der Waals surface area contributed by atoms with Crippen molar-refractivity contribution in [1.82, 2.24) is 14.8 Å². The van der Waals surface area contributed by atoms with Gasteiger partial charge in [-0.2, -0.15) is 0 Å². The van der Waals surface area contributed by atoms with Crippen LogP contribution in [-0.2, 0) is 11.8 Å². The summed E-state index contributed by atoms with van der Waals surface area (Å²) in [4.78, 5) is 11.8. The summed E-state index contributed by atoms with van der Waals surface area (Å²) in [5.41, 5.74) is 0.763. The Morgan fingerprint density at radius 3 is 2.75 bits per heavy atom. The Balaban J connectivity index is 1.76. The lowest BCUT2D eigenvalue weighted by Gasteiger charge is -2.06. The summed E-state index contributed by atoms with van der Waals surface area (Å²) in [6, 6.07) is 7.24. The number of amides is 1. The number of benzene rings is 1. The van der Waals surface area contributed by atoms with Gasteiger partial charge in [0.1, 0.15) is 12.1 Å². The third kappa shape index (κ3) is 3.99. The lowest BCUT2D eigenvalue weighted by atomic mass is 10.3. The Kier molecular flexibility index (Phi) is 5.00. The van der Waals surface area contributed by atoms with E-state index in [4.69, 9.17) is 4.74 Å². The second-order valence-electron chi connectivity index (χ2n) is 4.10. The molecule has 1 heterocycles. The fourth-order valence-electron chi connectivity index (χ4n) is 1.54. The summed E-state index contributed by atoms with van der Waals surface area (Å²) in [5, 5.41) is 11.4. The third-order valence-corrected chi connectivity index (χ3v) is 3.64. The van der Waals surface area contributed by atoms with Gasteiger partial charge in [0.25, 0.3) is 0 Å². The van der Waals surface area contributed by atoms with Crippen LogP contribution in [0.25, 0.3) is 0 Å². The molecule has 0 atom stereocenters. The number of carbonyl (C=O) groups is 1. The van der Waals surface area contributed by atoms with Gasteiger partial charge in [-0.1, -0.05) is 11.8 Å². The van der Waals surface area contributed by atoms with E-state index in [1.54, 1.807) is 13.4 Å². The molecule has 6 nitrogen and oxygen atoms in total. The highest BCUT2D eigenvalue weighted by Crippen LogP contribution is 2.17. The van der Waals surface area contributed by atoms with E-state index in [2.05, 4.69) is 15.5 Å². The van der Waals surface area contributed by atoms with E-state index in [0.717, 1.165) is 16.6 Å². The quantitative estimate of drug-likeness (QED) is 0.824. The predicted octanol–water partition coefficient (Wildman–Crippen LogP) is 1.94. The number of hydrogen-bond acceptors (Lipinski definition) is 5. The Bertz CT molecular complexity index is 568. The fraction of sp³-hybridized carbons (Fsp3) is 0.308. The number of thioether (sulfide) groups is 1. The molecule has 0 unspecified atom stereocenters. The molecule has 0 bridgehead atoms. The van der Waals surface area contributed by atoms with E-state index in [0.29, 0.717) is 12.2 Å². The van der Waals surface area contributed by atoms with E-state index in [9.17, 15) is 4.79 Å². The Hall–Kier alpha value is -2.02. The minimum atomic E-state index is -0.0233.